The third-order valence-corrected chi connectivity index (χ3v) is 4.45. The molecule has 0 saturated heterocycles. The quantitative estimate of drug-likeness (QED) is 0.890. The third kappa shape index (κ3) is 3.67. The van der Waals surface area contributed by atoms with E-state index in [0.717, 1.165) is 24.0 Å². The molecular weight excluding hydrogens is 293 g/mol. The molecule has 23 heavy (non-hydrogen) atoms. The monoisotopic (exact) mass is 313 g/mol. The third-order valence-electron chi connectivity index (χ3n) is 4.45. The Bertz CT molecular complexity index is 668. The van der Waals surface area contributed by atoms with Crippen LogP contribution in [0, 0.1) is 5.82 Å². The number of carbonyl (C=O) groups is 1. The number of aromatic nitrogens is 1. The molecule has 0 radical (unpaired) electrons. The van der Waals surface area contributed by atoms with Gasteiger partial charge in [-0.3, -0.25) is 4.98 Å². The van der Waals surface area contributed by atoms with Gasteiger partial charge in [0.05, 0.1) is 6.04 Å². The van der Waals surface area contributed by atoms with Gasteiger partial charge >= 0.3 is 6.03 Å². The van der Waals surface area contributed by atoms with Crippen LogP contribution in [0.5, 0.6) is 0 Å². The Morgan fingerprint density at radius 2 is 1.87 bits per heavy atom. The van der Waals surface area contributed by atoms with Crippen LogP contribution in [-0.2, 0) is 5.41 Å². The molecule has 0 aliphatic heterocycles. The molecule has 0 bridgehead atoms. The van der Waals surface area contributed by atoms with Crippen molar-refractivity contribution in [3.8, 4) is 0 Å². The van der Waals surface area contributed by atoms with Gasteiger partial charge in [-0.25, -0.2) is 9.18 Å². The number of hydrogen-bond donors (Lipinski definition) is 2. The summed E-state index contributed by atoms with van der Waals surface area (Å²) in [6.07, 6.45) is 5.44. The summed E-state index contributed by atoms with van der Waals surface area (Å²) in [7, 11) is 0. The number of hydrogen-bond acceptors (Lipinski definition) is 2. The first kappa shape index (κ1) is 15.5. The number of benzene rings is 1. The molecule has 1 unspecified atom stereocenters. The van der Waals surface area contributed by atoms with E-state index in [9.17, 15) is 9.18 Å². The zero-order chi connectivity index (χ0) is 16.3. The second-order valence-electron chi connectivity index (χ2n) is 6.12. The summed E-state index contributed by atoms with van der Waals surface area (Å²) < 4.78 is 13.0. The highest BCUT2D eigenvalue weighted by molar-refractivity contribution is 5.74. The van der Waals surface area contributed by atoms with Crippen molar-refractivity contribution in [2.75, 3.05) is 6.54 Å². The van der Waals surface area contributed by atoms with Crippen LogP contribution in [0.4, 0.5) is 9.18 Å². The van der Waals surface area contributed by atoms with Crippen LogP contribution >= 0.6 is 0 Å². The lowest BCUT2D eigenvalue weighted by Crippen LogP contribution is -2.40. The molecule has 0 spiro atoms. The Balaban J connectivity index is 1.54. The van der Waals surface area contributed by atoms with Crippen LogP contribution in [-0.4, -0.2) is 17.6 Å². The van der Waals surface area contributed by atoms with Crippen molar-refractivity contribution in [2.24, 2.45) is 0 Å². The zero-order valence-corrected chi connectivity index (χ0v) is 13.1. The van der Waals surface area contributed by atoms with Crippen LogP contribution in [0.15, 0.2) is 48.8 Å². The van der Waals surface area contributed by atoms with Crippen LogP contribution in [0.1, 0.15) is 36.9 Å². The minimum atomic E-state index is -0.235. The number of rotatable bonds is 5. The van der Waals surface area contributed by atoms with Crippen molar-refractivity contribution in [1.29, 1.82) is 0 Å². The first-order valence-corrected chi connectivity index (χ1v) is 7.79. The van der Waals surface area contributed by atoms with Crippen molar-refractivity contribution in [3.63, 3.8) is 0 Å². The molecule has 4 nitrogen and oxygen atoms in total. The molecule has 2 amide bonds. The predicted molar refractivity (Wildman–Crippen MR) is 86.5 cm³/mol. The van der Waals surface area contributed by atoms with Gasteiger partial charge in [0, 0.05) is 24.4 Å². The predicted octanol–water partition coefficient (Wildman–Crippen LogP) is 3.31. The van der Waals surface area contributed by atoms with Gasteiger partial charge in [-0.05, 0) is 55.2 Å². The van der Waals surface area contributed by atoms with E-state index < -0.39 is 0 Å². The Labute approximate surface area is 135 Å². The lowest BCUT2D eigenvalue weighted by atomic mass is 9.96. The smallest absolute Gasteiger partial charge is 0.315 e. The summed E-state index contributed by atoms with van der Waals surface area (Å²) >= 11 is 0. The average molecular weight is 313 g/mol. The topological polar surface area (TPSA) is 54.0 Å². The number of nitrogens with zero attached hydrogens (tertiary/aromatic N) is 1. The van der Waals surface area contributed by atoms with Gasteiger partial charge in [0.15, 0.2) is 0 Å². The molecule has 5 heteroatoms. The molecule has 120 valence electrons. The zero-order valence-electron chi connectivity index (χ0n) is 13.1. The largest absolute Gasteiger partial charge is 0.337 e. The lowest BCUT2D eigenvalue weighted by molar-refractivity contribution is 0.237. The van der Waals surface area contributed by atoms with Crippen LogP contribution in [0.2, 0.25) is 0 Å². The maximum Gasteiger partial charge on any atom is 0.315 e. The van der Waals surface area contributed by atoms with Crippen molar-refractivity contribution < 1.29 is 9.18 Å². The minimum absolute atomic E-state index is 0.0368. The summed E-state index contributed by atoms with van der Waals surface area (Å²) in [4.78, 5) is 16.1. The normalized spacial score (nSPS) is 16.4. The highest BCUT2D eigenvalue weighted by Gasteiger charge is 2.44. The molecule has 1 saturated carbocycles. The van der Waals surface area contributed by atoms with E-state index in [1.165, 1.54) is 12.1 Å². The van der Waals surface area contributed by atoms with Gasteiger partial charge < -0.3 is 10.6 Å². The molecule has 1 atom stereocenters. The molecule has 1 aromatic heterocycles. The number of nitrogens with one attached hydrogen (secondary N) is 2. The van der Waals surface area contributed by atoms with E-state index in [-0.39, 0.29) is 23.3 Å². The Morgan fingerprint density at radius 3 is 2.48 bits per heavy atom. The molecular formula is C18H20FN3O. The van der Waals surface area contributed by atoms with Gasteiger partial charge in [0.1, 0.15) is 5.82 Å². The van der Waals surface area contributed by atoms with Crippen LogP contribution in [0.25, 0.3) is 0 Å². The Kier molecular flexibility index (Phi) is 4.28. The van der Waals surface area contributed by atoms with Crippen molar-refractivity contribution in [1.82, 2.24) is 15.6 Å². The minimum Gasteiger partial charge on any atom is -0.337 e. The van der Waals surface area contributed by atoms with Crippen LogP contribution in [0.3, 0.4) is 0 Å². The standard InChI is InChI=1S/C18H20FN3O/c1-13(14-6-10-20-11-7-14)22-17(23)21-12-18(8-9-18)15-2-4-16(19)5-3-15/h2-7,10-11,13H,8-9,12H2,1H3,(H2,21,22,23). The Hall–Kier alpha value is -2.43. The number of pyridine rings is 1. The van der Waals surface area contributed by atoms with Crippen molar-refractivity contribution in [2.45, 2.75) is 31.2 Å². The second kappa shape index (κ2) is 6.36. The summed E-state index contributed by atoms with van der Waals surface area (Å²) in [5.74, 6) is -0.235. The summed E-state index contributed by atoms with van der Waals surface area (Å²) in [6.45, 7) is 2.50. The Morgan fingerprint density at radius 1 is 1.22 bits per heavy atom. The first-order chi connectivity index (χ1) is 11.1. The fourth-order valence-electron chi connectivity index (χ4n) is 2.75. The number of halogens is 1. The number of carbonyl (C=O) groups excluding carboxylic acids is 1. The molecule has 2 aromatic rings. The highest BCUT2D eigenvalue weighted by atomic mass is 19.1. The van der Waals surface area contributed by atoms with Gasteiger partial charge in [-0.15, -0.1) is 0 Å². The molecule has 1 aliphatic rings. The molecule has 1 aromatic carbocycles. The van der Waals surface area contributed by atoms with Crippen LogP contribution < -0.4 is 10.6 Å². The van der Waals surface area contributed by atoms with Crippen molar-refractivity contribution >= 4 is 6.03 Å². The molecule has 1 aliphatic carbocycles. The van der Waals surface area contributed by atoms with Gasteiger partial charge in [-0.2, -0.15) is 0 Å². The second-order valence-corrected chi connectivity index (χ2v) is 6.12. The van der Waals surface area contributed by atoms with E-state index >= 15 is 0 Å². The molecule has 1 heterocycles. The first-order valence-electron chi connectivity index (χ1n) is 7.79. The van der Waals surface area contributed by atoms with Crippen molar-refractivity contribution in [3.05, 3.63) is 65.7 Å². The molecule has 1 fully saturated rings. The fraction of sp³-hybridized carbons (Fsp3) is 0.333. The summed E-state index contributed by atoms with van der Waals surface area (Å²) in [5.41, 5.74) is 2.06. The average Bonchev–Trinajstić information content (AvgIpc) is 3.35. The molecule has 2 N–H and O–H groups in total. The van der Waals surface area contributed by atoms with Gasteiger partial charge in [0.25, 0.3) is 0 Å². The lowest BCUT2D eigenvalue weighted by Gasteiger charge is -2.19. The van der Waals surface area contributed by atoms with E-state index in [1.54, 1.807) is 12.4 Å². The number of urea groups is 1. The maximum atomic E-state index is 13.0. The highest BCUT2D eigenvalue weighted by Crippen LogP contribution is 2.47. The molecule has 3 rings (SSSR count). The fourth-order valence-corrected chi connectivity index (χ4v) is 2.75. The van der Waals surface area contributed by atoms with Gasteiger partial charge in [-0.1, -0.05) is 12.1 Å². The summed E-state index contributed by atoms with van der Waals surface area (Å²) in [6, 6.07) is 10.0. The van der Waals surface area contributed by atoms with Gasteiger partial charge in [0.2, 0.25) is 0 Å². The summed E-state index contributed by atoms with van der Waals surface area (Å²) in [5, 5.41) is 5.86. The van der Waals surface area contributed by atoms with E-state index in [2.05, 4.69) is 15.6 Å². The maximum absolute atomic E-state index is 13.0. The number of amides is 2. The van der Waals surface area contributed by atoms with E-state index in [4.69, 9.17) is 0 Å². The van der Waals surface area contributed by atoms with E-state index in [1.807, 2.05) is 31.2 Å². The van der Waals surface area contributed by atoms with E-state index in [0.29, 0.717) is 6.54 Å². The SMILES string of the molecule is CC(NC(=O)NCC1(c2ccc(F)cc2)CC1)c1ccncc1.